The minimum Gasteiger partial charge on any atom is -0.373 e. The van der Waals surface area contributed by atoms with Crippen LogP contribution >= 0.6 is 27.7 Å². The molecule has 82 valence electrons. The Bertz CT molecular complexity index is 471. The topological polar surface area (TPSA) is 24.9 Å². The largest absolute Gasteiger partial charge is 0.373 e. The SMILES string of the molecule is CNc1cc(Sc2ccc(Br)cc2)ccn1. The first-order chi connectivity index (χ1) is 7.78. The van der Waals surface area contributed by atoms with E-state index in [1.165, 1.54) is 9.79 Å². The summed E-state index contributed by atoms with van der Waals surface area (Å²) < 4.78 is 1.10. The van der Waals surface area contributed by atoms with E-state index in [0.717, 1.165) is 10.3 Å². The van der Waals surface area contributed by atoms with Gasteiger partial charge in [-0.1, -0.05) is 27.7 Å². The Kier molecular flexibility index (Phi) is 3.85. The zero-order valence-corrected chi connectivity index (χ0v) is 11.2. The summed E-state index contributed by atoms with van der Waals surface area (Å²) in [5.41, 5.74) is 0. The van der Waals surface area contributed by atoms with Crippen molar-refractivity contribution in [1.29, 1.82) is 0 Å². The van der Waals surface area contributed by atoms with Crippen molar-refractivity contribution < 1.29 is 0 Å². The van der Waals surface area contributed by atoms with Crippen molar-refractivity contribution in [3.63, 3.8) is 0 Å². The van der Waals surface area contributed by atoms with Crippen LogP contribution < -0.4 is 5.32 Å². The molecule has 2 aromatic rings. The molecule has 4 heteroatoms. The van der Waals surface area contributed by atoms with Gasteiger partial charge >= 0.3 is 0 Å². The first kappa shape index (κ1) is 11.5. The van der Waals surface area contributed by atoms with Crippen molar-refractivity contribution in [3.05, 3.63) is 47.1 Å². The molecule has 0 fully saturated rings. The molecular formula is C12H11BrN2S. The minimum absolute atomic E-state index is 0.891. The molecule has 0 aliphatic heterocycles. The van der Waals surface area contributed by atoms with Gasteiger partial charge in [0, 0.05) is 27.5 Å². The van der Waals surface area contributed by atoms with Crippen LogP contribution in [0.15, 0.2) is 56.9 Å². The summed E-state index contributed by atoms with van der Waals surface area (Å²) in [5.74, 6) is 0.891. The molecule has 1 heterocycles. The van der Waals surface area contributed by atoms with Crippen LogP contribution in [0.4, 0.5) is 5.82 Å². The Labute approximate surface area is 108 Å². The Hall–Kier alpha value is -1.00. The monoisotopic (exact) mass is 294 g/mol. The van der Waals surface area contributed by atoms with Crippen LogP contribution in [0.2, 0.25) is 0 Å². The highest BCUT2D eigenvalue weighted by Gasteiger charge is 1.98. The standard InChI is InChI=1S/C12H11BrN2S/c1-14-12-8-11(6-7-15-12)16-10-4-2-9(13)3-5-10/h2-8H,1H3,(H,14,15). The number of aromatic nitrogens is 1. The normalized spacial score (nSPS) is 10.1. The van der Waals surface area contributed by atoms with Gasteiger partial charge < -0.3 is 5.32 Å². The van der Waals surface area contributed by atoms with Gasteiger partial charge in [-0.25, -0.2) is 4.98 Å². The third kappa shape index (κ3) is 3.00. The lowest BCUT2D eigenvalue weighted by Gasteiger charge is -2.03. The van der Waals surface area contributed by atoms with Crippen molar-refractivity contribution in [1.82, 2.24) is 4.98 Å². The van der Waals surface area contributed by atoms with E-state index in [2.05, 4.69) is 38.4 Å². The van der Waals surface area contributed by atoms with E-state index < -0.39 is 0 Å². The number of pyridine rings is 1. The molecule has 2 rings (SSSR count). The second kappa shape index (κ2) is 5.37. The third-order valence-corrected chi connectivity index (χ3v) is 3.56. The van der Waals surface area contributed by atoms with E-state index >= 15 is 0 Å². The molecule has 1 aromatic heterocycles. The third-order valence-electron chi connectivity index (χ3n) is 2.04. The Balaban J connectivity index is 2.16. The van der Waals surface area contributed by atoms with Gasteiger partial charge in [-0.05, 0) is 36.4 Å². The number of nitrogens with zero attached hydrogens (tertiary/aromatic N) is 1. The van der Waals surface area contributed by atoms with E-state index in [9.17, 15) is 0 Å². The summed E-state index contributed by atoms with van der Waals surface area (Å²) in [6, 6.07) is 12.3. The fraction of sp³-hybridized carbons (Fsp3) is 0.0833. The lowest BCUT2D eigenvalue weighted by Crippen LogP contribution is -1.90. The van der Waals surface area contributed by atoms with E-state index in [-0.39, 0.29) is 0 Å². The quantitative estimate of drug-likeness (QED) is 0.925. The first-order valence-corrected chi connectivity index (χ1v) is 6.46. The highest BCUT2D eigenvalue weighted by molar-refractivity contribution is 9.10. The maximum Gasteiger partial charge on any atom is 0.126 e. The summed E-state index contributed by atoms with van der Waals surface area (Å²) in [7, 11) is 1.87. The lowest BCUT2D eigenvalue weighted by molar-refractivity contribution is 1.23. The molecule has 0 spiro atoms. The number of rotatable bonds is 3. The molecule has 0 bridgehead atoms. The van der Waals surface area contributed by atoms with Crippen LogP contribution in [0.5, 0.6) is 0 Å². The number of hydrogen-bond donors (Lipinski definition) is 1. The van der Waals surface area contributed by atoms with Crippen molar-refractivity contribution >= 4 is 33.5 Å². The molecule has 0 saturated carbocycles. The maximum atomic E-state index is 4.18. The zero-order valence-electron chi connectivity index (χ0n) is 8.77. The van der Waals surface area contributed by atoms with Crippen LogP contribution in [0.25, 0.3) is 0 Å². The summed E-state index contributed by atoms with van der Waals surface area (Å²) in [6.07, 6.45) is 1.81. The summed E-state index contributed by atoms with van der Waals surface area (Å²) in [6.45, 7) is 0. The van der Waals surface area contributed by atoms with Crippen LogP contribution in [0, 0.1) is 0 Å². The predicted octanol–water partition coefficient (Wildman–Crippen LogP) is 4.04. The second-order valence-electron chi connectivity index (χ2n) is 3.18. The summed E-state index contributed by atoms with van der Waals surface area (Å²) in [5, 5.41) is 3.03. The van der Waals surface area contributed by atoms with Gasteiger partial charge in [-0.15, -0.1) is 0 Å². The predicted molar refractivity (Wildman–Crippen MR) is 72.0 cm³/mol. The minimum atomic E-state index is 0.891. The highest BCUT2D eigenvalue weighted by Crippen LogP contribution is 2.29. The summed E-state index contributed by atoms with van der Waals surface area (Å²) in [4.78, 5) is 6.58. The average Bonchev–Trinajstić information content (AvgIpc) is 2.32. The van der Waals surface area contributed by atoms with Crippen LogP contribution in [-0.4, -0.2) is 12.0 Å². The zero-order chi connectivity index (χ0) is 11.4. The molecular weight excluding hydrogens is 284 g/mol. The van der Waals surface area contributed by atoms with E-state index in [4.69, 9.17) is 0 Å². The van der Waals surface area contributed by atoms with Gasteiger partial charge in [0.2, 0.25) is 0 Å². The molecule has 0 aliphatic rings. The van der Waals surface area contributed by atoms with Gasteiger partial charge in [0.15, 0.2) is 0 Å². The van der Waals surface area contributed by atoms with Crippen molar-refractivity contribution in [2.24, 2.45) is 0 Å². The van der Waals surface area contributed by atoms with Crippen LogP contribution in [0.3, 0.4) is 0 Å². The van der Waals surface area contributed by atoms with E-state index in [1.54, 1.807) is 11.8 Å². The Morgan fingerprint density at radius 3 is 2.56 bits per heavy atom. The molecule has 16 heavy (non-hydrogen) atoms. The van der Waals surface area contributed by atoms with Gasteiger partial charge in [-0.3, -0.25) is 0 Å². The Morgan fingerprint density at radius 1 is 1.12 bits per heavy atom. The molecule has 0 aliphatic carbocycles. The van der Waals surface area contributed by atoms with Crippen molar-refractivity contribution in [2.75, 3.05) is 12.4 Å². The van der Waals surface area contributed by atoms with Crippen LogP contribution in [0.1, 0.15) is 0 Å². The number of benzene rings is 1. The molecule has 1 aromatic carbocycles. The van der Waals surface area contributed by atoms with E-state index in [1.807, 2.05) is 37.5 Å². The van der Waals surface area contributed by atoms with Gasteiger partial charge in [0.1, 0.15) is 5.82 Å². The molecule has 0 amide bonds. The highest BCUT2D eigenvalue weighted by atomic mass is 79.9. The fourth-order valence-corrected chi connectivity index (χ4v) is 2.36. The number of nitrogens with one attached hydrogen (secondary N) is 1. The van der Waals surface area contributed by atoms with Crippen LogP contribution in [-0.2, 0) is 0 Å². The molecule has 0 unspecified atom stereocenters. The fourth-order valence-electron chi connectivity index (χ4n) is 1.25. The molecule has 2 nitrogen and oxygen atoms in total. The van der Waals surface area contributed by atoms with Crippen molar-refractivity contribution in [2.45, 2.75) is 9.79 Å². The van der Waals surface area contributed by atoms with E-state index in [0.29, 0.717) is 0 Å². The van der Waals surface area contributed by atoms with Gasteiger partial charge in [0.25, 0.3) is 0 Å². The first-order valence-electron chi connectivity index (χ1n) is 4.85. The van der Waals surface area contributed by atoms with Gasteiger partial charge in [-0.2, -0.15) is 0 Å². The molecule has 0 atom stereocenters. The number of hydrogen-bond acceptors (Lipinski definition) is 3. The number of anilines is 1. The Morgan fingerprint density at radius 2 is 1.88 bits per heavy atom. The lowest BCUT2D eigenvalue weighted by atomic mass is 10.4. The smallest absolute Gasteiger partial charge is 0.126 e. The maximum absolute atomic E-state index is 4.18. The molecule has 1 N–H and O–H groups in total. The second-order valence-corrected chi connectivity index (χ2v) is 5.25. The molecule has 0 radical (unpaired) electrons. The average molecular weight is 295 g/mol. The number of halogens is 1. The van der Waals surface area contributed by atoms with Crippen molar-refractivity contribution in [3.8, 4) is 0 Å². The molecule has 0 saturated heterocycles. The summed E-state index contributed by atoms with van der Waals surface area (Å²) >= 11 is 5.15. The van der Waals surface area contributed by atoms with Gasteiger partial charge in [0.05, 0.1) is 0 Å².